The van der Waals surface area contributed by atoms with Crippen molar-refractivity contribution in [1.82, 2.24) is 15.2 Å². The summed E-state index contributed by atoms with van der Waals surface area (Å²) in [5.41, 5.74) is 0.791. The van der Waals surface area contributed by atoms with Gasteiger partial charge in [-0.1, -0.05) is 0 Å². The highest BCUT2D eigenvalue weighted by Crippen LogP contribution is 2.16. The van der Waals surface area contributed by atoms with Crippen molar-refractivity contribution in [2.75, 3.05) is 20.2 Å². The zero-order chi connectivity index (χ0) is 15.6. The largest absolute Gasteiger partial charge is 0.378 e. The fourth-order valence-corrected chi connectivity index (χ4v) is 2.65. The molecule has 2 N–H and O–H groups in total. The van der Waals surface area contributed by atoms with Crippen LogP contribution >= 0.6 is 0 Å². The molecule has 1 aromatic rings. The van der Waals surface area contributed by atoms with Gasteiger partial charge in [-0.3, -0.25) is 14.5 Å². The number of amides is 1. The molecule has 0 bridgehead atoms. The van der Waals surface area contributed by atoms with Gasteiger partial charge in [-0.25, -0.2) is 0 Å². The van der Waals surface area contributed by atoms with E-state index in [1.807, 2.05) is 0 Å². The fourth-order valence-electron chi connectivity index (χ4n) is 2.65. The first kappa shape index (κ1) is 15.7. The molecule has 21 heavy (non-hydrogen) atoms. The minimum absolute atomic E-state index is 0.0344. The van der Waals surface area contributed by atoms with E-state index in [2.05, 4.69) is 29.0 Å². The van der Waals surface area contributed by atoms with Gasteiger partial charge in [-0.2, -0.15) is 0 Å². The Bertz CT molecular complexity index is 568. The van der Waals surface area contributed by atoms with E-state index in [1.54, 1.807) is 14.0 Å². The SMILES string of the molecule is CO[C@H]1CN(C(C)C)C[C@@H]1NC(=O)c1cc(=O)cc(C)[nH]1. The average molecular weight is 293 g/mol. The average Bonchev–Trinajstić information content (AvgIpc) is 2.80. The Balaban J connectivity index is 2.09. The first-order valence-corrected chi connectivity index (χ1v) is 7.19. The maximum atomic E-state index is 12.3. The number of likely N-dealkylation sites (tertiary alicyclic amines) is 1. The number of hydrogen-bond acceptors (Lipinski definition) is 4. The number of ether oxygens (including phenoxy) is 1. The van der Waals surface area contributed by atoms with Gasteiger partial charge in [-0.05, 0) is 20.8 Å². The first-order valence-electron chi connectivity index (χ1n) is 7.19. The lowest BCUT2D eigenvalue weighted by molar-refractivity contribution is 0.0750. The highest BCUT2D eigenvalue weighted by atomic mass is 16.5. The maximum Gasteiger partial charge on any atom is 0.268 e. The number of nitrogens with one attached hydrogen (secondary N) is 2. The Morgan fingerprint density at radius 2 is 2.14 bits per heavy atom. The van der Waals surface area contributed by atoms with Crippen molar-refractivity contribution in [3.8, 4) is 0 Å². The first-order chi connectivity index (χ1) is 9.90. The van der Waals surface area contributed by atoms with Crippen LogP contribution in [0.2, 0.25) is 0 Å². The number of nitrogens with zero attached hydrogens (tertiary/aromatic N) is 1. The van der Waals surface area contributed by atoms with Crippen molar-refractivity contribution >= 4 is 5.91 Å². The number of aryl methyl sites for hydroxylation is 1. The Kier molecular flexibility index (Phi) is 4.80. The quantitative estimate of drug-likeness (QED) is 0.849. The van der Waals surface area contributed by atoms with Crippen molar-refractivity contribution in [3.05, 3.63) is 33.7 Å². The maximum absolute atomic E-state index is 12.3. The van der Waals surface area contributed by atoms with Gasteiger partial charge < -0.3 is 15.0 Å². The van der Waals surface area contributed by atoms with Gasteiger partial charge in [-0.15, -0.1) is 0 Å². The van der Waals surface area contributed by atoms with Gasteiger partial charge in [0.15, 0.2) is 5.43 Å². The van der Waals surface area contributed by atoms with Crippen LogP contribution < -0.4 is 10.7 Å². The van der Waals surface area contributed by atoms with Crippen LogP contribution in [0.3, 0.4) is 0 Å². The molecule has 2 atom stereocenters. The van der Waals surface area contributed by atoms with E-state index in [1.165, 1.54) is 12.1 Å². The zero-order valence-corrected chi connectivity index (χ0v) is 13.0. The van der Waals surface area contributed by atoms with E-state index in [4.69, 9.17) is 4.74 Å². The highest BCUT2D eigenvalue weighted by Gasteiger charge is 2.35. The van der Waals surface area contributed by atoms with Gasteiger partial charge in [0, 0.05) is 44.1 Å². The van der Waals surface area contributed by atoms with Crippen LogP contribution in [0, 0.1) is 6.92 Å². The topological polar surface area (TPSA) is 74.4 Å². The van der Waals surface area contributed by atoms with Gasteiger partial charge in [0.2, 0.25) is 0 Å². The number of carbonyl (C=O) groups excluding carboxylic acids is 1. The summed E-state index contributed by atoms with van der Waals surface area (Å²) in [5.74, 6) is -0.270. The molecule has 1 aliphatic rings. The molecule has 6 nitrogen and oxygen atoms in total. The van der Waals surface area contributed by atoms with Crippen molar-refractivity contribution in [1.29, 1.82) is 0 Å². The zero-order valence-electron chi connectivity index (χ0n) is 13.0. The second kappa shape index (κ2) is 6.41. The molecule has 116 valence electrons. The smallest absolute Gasteiger partial charge is 0.268 e. The van der Waals surface area contributed by atoms with Crippen LogP contribution in [-0.2, 0) is 4.74 Å². The van der Waals surface area contributed by atoms with Gasteiger partial charge >= 0.3 is 0 Å². The molecule has 0 spiro atoms. The van der Waals surface area contributed by atoms with E-state index in [0.717, 1.165) is 13.1 Å². The van der Waals surface area contributed by atoms with Crippen LogP contribution in [0.15, 0.2) is 16.9 Å². The van der Waals surface area contributed by atoms with Crippen LogP contribution in [-0.4, -0.2) is 54.2 Å². The Labute approximate surface area is 124 Å². The predicted octanol–water partition coefficient (Wildman–Crippen LogP) is 0.521. The van der Waals surface area contributed by atoms with E-state index < -0.39 is 0 Å². The summed E-state index contributed by atoms with van der Waals surface area (Å²) in [6.07, 6.45) is -0.0344. The molecule has 2 heterocycles. The van der Waals surface area contributed by atoms with E-state index in [9.17, 15) is 9.59 Å². The number of methoxy groups -OCH3 is 1. The van der Waals surface area contributed by atoms with Crippen LogP contribution in [0.1, 0.15) is 30.0 Å². The highest BCUT2D eigenvalue weighted by molar-refractivity contribution is 5.92. The van der Waals surface area contributed by atoms with Gasteiger partial charge in [0.05, 0.1) is 12.1 Å². The number of pyridine rings is 1. The number of H-pyrrole nitrogens is 1. The monoisotopic (exact) mass is 293 g/mol. The van der Waals surface area contributed by atoms with Gasteiger partial charge in [0.25, 0.3) is 5.91 Å². The summed E-state index contributed by atoms with van der Waals surface area (Å²) in [4.78, 5) is 29.0. The molecule has 0 aliphatic carbocycles. The molecular formula is C15H23N3O3. The summed E-state index contributed by atoms with van der Waals surface area (Å²) < 4.78 is 5.46. The molecule has 0 unspecified atom stereocenters. The van der Waals surface area contributed by atoms with Crippen molar-refractivity contribution < 1.29 is 9.53 Å². The minimum atomic E-state index is -0.270. The lowest BCUT2D eigenvalue weighted by atomic mass is 10.2. The third-order valence-electron chi connectivity index (χ3n) is 3.87. The van der Waals surface area contributed by atoms with Crippen LogP contribution in [0.25, 0.3) is 0 Å². The standard InChI is InChI=1S/C15H23N3O3/c1-9(2)18-7-13(14(8-18)21-4)17-15(20)12-6-11(19)5-10(3)16-12/h5-6,9,13-14H,7-8H2,1-4H3,(H,16,19)(H,17,20)/t13-,14-/m0/s1. The van der Waals surface area contributed by atoms with E-state index >= 15 is 0 Å². The van der Waals surface area contributed by atoms with E-state index in [0.29, 0.717) is 11.7 Å². The Morgan fingerprint density at radius 3 is 2.71 bits per heavy atom. The summed E-state index contributed by atoms with van der Waals surface area (Å²) in [7, 11) is 1.65. The van der Waals surface area contributed by atoms with Crippen LogP contribution in [0.4, 0.5) is 0 Å². The number of rotatable bonds is 4. The molecule has 1 fully saturated rings. The lowest BCUT2D eigenvalue weighted by Crippen LogP contribution is -2.44. The third kappa shape index (κ3) is 3.71. The minimum Gasteiger partial charge on any atom is -0.378 e. The second-order valence-electron chi connectivity index (χ2n) is 5.81. The second-order valence-corrected chi connectivity index (χ2v) is 5.81. The molecule has 2 rings (SSSR count). The van der Waals surface area contributed by atoms with Crippen molar-refractivity contribution in [2.24, 2.45) is 0 Å². The summed E-state index contributed by atoms with van der Waals surface area (Å²) in [5, 5.41) is 2.96. The lowest BCUT2D eigenvalue weighted by Gasteiger charge is -2.20. The number of hydrogen-bond donors (Lipinski definition) is 2. The molecule has 1 saturated heterocycles. The Hall–Kier alpha value is -1.66. The normalized spacial score (nSPS) is 22.7. The van der Waals surface area contributed by atoms with Crippen LogP contribution in [0.5, 0.6) is 0 Å². The summed E-state index contributed by atoms with van der Waals surface area (Å²) >= 11 is 0. The summed E-state index contributed by atoms with van der Waals surface area (Å²) in [6, 6.07) is 3.11. The molecule has 0 radical (unpaired) electrons. The molecule has 1 amide bonds. The molecule has 1 aliphatic heterocycles. The summed E-state index contributed by atoms with van der Waals surface area (Å²) in [6.45, 7) is 7.54. The molecular weight excluding hydrogens is 270 g/mol. The molecule has 6 heteroatoms. The third-order valence-corrected chi connectivity index (χ3v) is 3.87. The number of carbonyl (C=O) groups is 1. The fraction of sp³-hybridized carbons (Fsp3) is 0.600. The predicted molar refractivity (Wildman–Crippen MR) is 80.6 cm³/mol. The van der Waals surface area contributed by atoms with E-state index in [-0.39, 0.29) is 29.2 Å². The molecule has 0 aromatic carbocycles. The molecule has 0 saturated carbocycles. The van der Waals surface area contributed by atoms with Crippen molar-refractivity contribution in [2.45, 2.75) is 39.0 Å². The van der Waals surface area contributed by atoms with Gasteiger partial charge in [0.1, 0.15) is 5.69 Å². The Morgan fingerprint density at radius 1 is 1.43 bits per heavy atom. The molecule has 1 aromatic heterocycles. The van der Waals surface area contributed by atoms with Crippen molar-refractivity contribution in [3.63, 3.8) is 0 Å². The number of aromatic amines is 1. The number of aromatic nitrogens is 1.